The molecule has 126 valence electrons. The molecule has 0 N–H and O–H groups in total. The van der Waals surface area contributed by atoms with Crippen molar-refractivity contribution in [2.24, 2.45) is 0 Å². The van der Waals surface area contributed by atoms with E-state index in [0.717, 1.165) is 0 Å². The molecule has 2 heterocycles. The zero-order valence-electron chi connectivity index (χ0n) is 12.5. The highest BCUT2D eigenvalue weighted by Gasteiger charge is 2.33. The minimum absolute atomic E-state index is 0.00915. The number of carbonyl (C=O) groups is 1. The van der Waals surface area contributed by atoms with E-state index in [-0.39, 0.29) is 23.7 Å². The number of fused-ring (bicyclic) bond motifs is 1. The van der Waals surface area contributed by atoms with Gasteiger partial charge in [-0.05, 0) is 18.6 Å². The SMILES string of the molecule is O=Cc1cc2n(n1)CCCN(S(=O)(=O)c1ccccc1[N+](=O)[O-])C2. The Morgan fingerprint density at radius 3 is 2.71 bits per heavy atom. The number of aldehydes is 1. The van der Waals surface area contributed by atoms with Crippen molar-refractivity contribution < 1.29 is 18.1 Å². The molecular formula is C14H14N4O5S. The Morgan fingerprint density at radius 1 is 1.25 bits per heavy atom. The van der Waals surface area contributed by atoms with Crippen molar-refractivity contribution in [1.82, 2.24) is 14.1 Å². The average Bonchev–Trinajstić information content (AvgIpc) is 2.85. The molecule has 0 saturated carbocycles. The van der Waals surface area contributed by atoms with E-state index in [1.54, 1.807) is 4.68 Å². The lowest BCUT2D eigenvalue weighted by Gasteiger charge is -2.19. The Hall–Kier alpha value is -2.59. The molecule has 1 aliphatic rings. The van der Waals surface area contributed by atoms with Crippen LogP contribution in [0.25, 0.3) is 0 Å². The van der Waals surface area contributed by atoms with Gasteiger partial charge in [0.1, 0.15) is 5.69 Å². The Labute approximate surface area is 137 Å². The van der Waals surface area contributed by atoms with Gasteiger partial charge < -0.3 is 0 Å². The van der Waals surface area contributed by atoms with Crippen LogP contribution in [0.2, 0.25) is 0 Å². The van der Waals surface area contributed by atoms with Gasteiger partial charge in [0.2, 0.25) is 10.0 Å². The van der Waals surface area contributed by atoms with Gasteiger partial charge in [0.15, 0.2) is 11.2 Å². The molecule has 10 heteroatoms. The van der Waals surface area contributed by atoms with Crippen LogP contribution in [0.4, 0.5) is 5.69 Å². The van der Waals surface area contributed by atoms with Crippen LogP contribution >= 0.6 is 0 Å². The zero-order valence-corrected chi connectivity index (χ0v) is 13.3. The Morgan fingerprint density at radius 2 is 2.00 bits per heavy atom. The Balaban J connectivity index is 2.01. The van der Waals surface area contributed by atoms with Gasteiger partial charge in [-0.25, -0.2) is 8.42 Å². The van der Waals surface area contributed by atoms with Crippen molar-refractivity contribution in [2.75, 3.05) is 6.54 Å². The quantitative estimate of drug-likeness (QED) is 0.465. The van der Waals surface area contributed by atoms with Gasteiger partial charge in [0.05, 0.1) is 17.2 Å². The van der Waals surface area contributed by atoms with E-state index >= 15 is 0 Å². The van der Waals surface area contributed by atoms with Crippen molar-refractivity contribution in [1.29, 1.82) is 0 Å². The first-order valence-electron chi connectivity index (χ1n) is 7.19. The summed E-state index contributed by atoms with van der Waals surface area (Å²) in [5, 5.41) is 15.2. The fraction of sp³-hybridized carbons (Fsp3) is 0.286. The van der Waals surface area contributed by atoms with E-state index in [0.29, 0.717) is 24.9 Å². The molecule has 0 aliphatic carbocycles. The monoisotopic (exact) mass is 350 g/mol. The molecule has 0 amide bonds. The third-order valence-corrected chi connectivity index (χ3v) is 5.69. The number of para-hydroxylation sites is 1. The summed E-state index contributed by atoms with van der Waals surface area (Å²) in [5.41, 5.74) is 0.357. The van der Waals surface area contributed by atoms with Crippen LogP contribution in [0.15, 0.2) is 35.2 Å². The number of nitrogens with zero attached hydrogens (tertiary/aromatic N) is 4. The van der Waals surface area contributed by atoms with Crippen LogP contribution in [0.1, 0.15) is 22.6 Å². The number of nitro groups is 1. The summed E-state index contributed by atoms with van der Waals surface area (Å²) in [4.78, 5) is 20.9. The smallest absolute Gasteiger partial charge is 0.289 e. The average molecular weight is 350 g/mol. The van der Waals surface area contributed by atoms with Crippen LogP contribution in [0, 0.1) is 10.1 Å². The Bertz CT molecular complexity index is 906. The van der Waals surface area contributed by atoms with Gasteiger partial charge >= 0.3 is 0 Å². The summed E-state index contributed by atoms with van der Waals surface area (Å²) in [6.07, 6.45) is 1.09. The number of sulfonamides is 1. The molecule has 1 aromatic carbocycles. The van der Waals surface area contributed by atoms with Gasteiger partial charge in [-0.3, -0.25) is 19.6 Å². The van der Waals surface area contributed by atoms with E-state index in [4.69, 9.17) is 0 Å². The van der Waals surface area contributed by atoms with Crippen molar-refractivity contribution in [3.63, 3.8) is 0 Å². The summed E-state index contributed by atoms with van der Waals surface area (Å²) in [6.45, 7) is 0.704. The van der Waals surface area contributed by atoms with Crippen molar-refractivity contribution >= 4 is 22.0 Å². The molecule has 0 spiro atoms. The van der Waals surface area contributed by atoms with Gasteiger partial charge in [-0.15, -0.1) is 0 Å². The third kappa shape index (κ3) is 2.81. The topological polar surface area (TPSA) is 115 Å². The lowest BCUT2D eigenvalue weighted by Crippen LogP contribution is -2.31. The second kappa shape index (κ2) is 6.13. The van der Waals surface area contributed by atoms with Crippen LogP contribution in [0.5, 0.6) is 0 Å². The molecule has 2 aromatic rings. The molecular weight excluding hydrogens is 336 g/mol. The third-order valence-electron chi connectivity index (χ3n) is 3.80. The molecule has 1 aromatic heterocycles. The highest BCUT2D eigenvalue weighted by atomic mass is 32.2. The maximum atomic E-state index is 12.9. The number of nitro benzene ring substituents is 1. The van der Waals surface area contributed by atoms with Gasteiger partial charge in [0.25, 0.3) is 5.69 Å². The molecule has 0 atom stereocenters. The number of benzene rings is 1. The van der Waals surface area contributed by atoms with Gasteiger partial charge in [0, 0.05) is 19.2 Å². The van der Waals surface area contributed by atoms with Crippen LogP contribution in [-0.2, 0) is 23.1 Å². The first-order valence-corrected chi connectivity index (χ1v) is 8.63. The van der Waals surface area contributed by atoms with E-state index in [2.05, 4.69) is 5.10 Å². The lowest BCUT2D eigenvalue weighted by molar-refractivity contribution is -0.387. The second-order valence-corrected chi connectivity index (χ2v) is 7.22. The predicted octanol–water partition coefficient (Wildman–Crippen LogP) is 1.20. The molecule has 0 saturated heterocycles. The molecule has 1 aliphatic heterocycles. The molecule has 0 radical (unpaired) electrons. The Kier molecular flexibility index (Phi) is 4.16. The molecule has 0 unspecified atom stereocenters. The summed E-state index contributed by atoms with van der Waals surface area (Å²) in [6, 6.07) is 6.80. The summed E-state index contributed by atoms with van der Waals surface area (Å²) in [7, 11) is -4.04. The summed E-state index contributed by atoms with van der Waals surface area (Å²) >= 11 is 0. The first kappa shape index (κ1) is 16.3. The molecule has 24 heavy (non-hydrogen) atoms. The predicted molar refractivity (Wildman–Crippen MR) is 82.9 cm³/mol. The fourth-order valence-corrected chi connectivity index (χ4v) is 4.29. The number of hydrogen-bond acceptors (Lipinski definition) is 6. The molecule has 0 bridgehead atoms. The largest absolute Gasteiger partial charge is 0.296 e. The number of carbonyl (C=O) groups excluding carboxylic acids is 1. The first-order chi connectivity index (χ1) is 11.4. The van der Waals surface area contributed by atoms with E-state index < -0.39 is 20.6 Å². The molecule has 0 fully saturated rings. The maximum absolute atomic E-state index is 12.9. The van der Waals surface area contributed by atoms with Crippen molar-refractivity contribution in [3.05, 3.63) is 51.8 Å². The lowest BCUT2D eigenvalue weighted by atomic mass is 10.3. The number of rotatable bonds is 4. The molecule has 3 rings (SSSR count). The number of aromatic nitrogens is 2. The van der Waals surface area contributed by atoms with Crippen LogP contribution in [-0.4, -0.2) is 40.3 Å². The highest BCUT2D eigenvalue weighted by Crippen LogP contribution is 2.28. The van der Waals surface area contributed by atoms with E-state index in [9.17, 15) is 23.3 Å². The standard InChI is InChI=1S/C14H14N4O5S/c19-10-11-8-12-9-16(6-3-7-17(12)15-11)24(22,23)14-5-2-1-4-13(14)18(20)21/h1-2,4-5,8,10H,3,6-7,9H2. The maximum Gasteiger partial charge on any atom is 0.289 e. The molecule has 9 nitrogen and oxygen atoms in total. The normalized spacial score (nSPS) is 15.5. The summed E-state index contributed by atoms with van der Waals surface area (Å²) in [5.74, 6) is 0. The minimum atomic E-state index is -4.04. The second-order valence-electron chi connectivity index (χ2n) is 5.32. The minimum Gasteiger partial charge on any atom is -0.296 e. The zero-order chi connectivity index (χ0) is 17.3. The number of aryl methyl sites for hydroxylation is 1. The summed E-state index contributed by atoms with van der Waals surface area (Å²) < 4.78 is 28.5. The fourth-order valence-electron chi connectivity index (χ4n) is 2.68. The van der Waals surface area contributed by atoms with Crippen molar-refractivity contribution in [3.8, 4) is 0 Å². The number of hydrogen-bond donors (Lipinski definition) is 0. The van der Waals surface area contributed by atoms with Gasteiger partial charge in [-0.2, -0.15) is 9.40 Å². The van der Waals surface area contributed by atoms with E-state index in [1.807, 2.05) is 0 Å². The van der Waals surface area contributed by atoms with Crippen LogP contribution < -0.4 is 0 Å². The van der Waals surface area contributed by atoms with Gasteiger partial charge in [-0.1, -0.05) is 12.1 Å². The van der Waals surface area contributed by atoms with E-state index in [1.165, 1.54) is 34.6 Å². The highest BCUT2D eigenvalue weighted by molar-refractivity contribution is 7.89. The van der Waals surface area contributed by atoms with Crippen molar-refractivity contribution in [2.45, 2.75) is 24.4 Å². The van der Waals surface area contributed by atoms with Crippen LogP contribution in [0.3, 0.4) is 0 Å².